The van der Waals surface area contributed by atoms with Gasteiger partial charge in [0.05, 0.1) is 16.7 Å². The summed E-state index contributed by atoms with van der Waals surface area (Å²) in [5.74, 6) is -7.83. The van der Waals surface area contributed by atoms with E-state index in [2.05, 4.69) is 0 Å². The van der Waals surface area contributed by atoms with Gasteiger partial charge in [-0.3, -0.25) is 0 Å². The Labute approximate surface area is 308 Å². The Balaban J connectivity index is 1.39. The van der Waals surface area contributed by atoms with Crippen molar-refractivity contribution in [1.29, 1.82) is 0 Å². The third-order valence-corrected chi connectivity index (χ3v) is 7.52. The molecule has 0 saturated carbocycles. The van der Waals surface area contributed by atoms with Crippen LogP contribution >= 0.6 is 0 Å². The minimum Gasteiger partial charge on any atom is -0.507 e. The summed E-state index contributed by atoms with van der Waals surface area (Å²) in [6.45, 7) is 0. The van der Waals surface area contributed by atoms with Crippen LogP contribution in [0, 0.1) is 0 Å². The Morgan fingerprint density at radius 2 is 0.732 bits per heavy atom. The fourth-order valence-electron chi connectivity index (χ4n) is 4.78. The van der Waals surface area contributed by atoms with Crippen molar-refractivity contribution in [2.24, 2.45) is 0 Å². The molecule has 18 heteroatoms. The van der Waals surface area contributed by atoms with Gasteiger partial charge in [-0.05, 0) is 90.0 Å². The zero-order valence-corrected chi connectivity index (χ0v) is 27.6. The van der Waals surface area contributed by atoms with Crippen LogP contribution < -0.4 is 14.2 Å². The van der Waals surface area contributed by atoms with E-state index in [1.807, 2.05) is 0 Å². The molecule has 5 rings (SSSR count). The maximum atomic E-state index is 13.0. The van der Waals surface area contributed by atoms with E-state index in [1.165, 1.54) is 48.6 Å². The van der Waals surface area contributed by atoms with Gasteiger partial charge in [-0.1, -0.05) is 24.3 Å². The lowest BCUT2D eigenvalue weighted by Crippen LogP contribution is -2.12. The predicted octanol–water partition coefficient (Wildman–Crippen LogP) is 9.69. The first-order valence-electron chi connectivity index (χ1n) is 15.4. The summed E-state index contributed by atoms with van der Waals surface area (Å²) in [4.78, 5) is 38.2. The summed E-state index contributed by atoms with van der Waals surface area (Å²) in [6, 6.07) is 13.4. The van der Waals surface area contributed by atoms with Crippen LogP contribution in [0.3, 0.4) is 0 Å². The number of phenols is 3. The second kappa shape index (κ2) is 15.4. The molecule has 0 heterocycles. The van der Waals surface area contributed by atoms with Gasteiger partial charge in [0, 0.05) is 6.07 Å². The minimum atomic E-state index is -4.84. The summed E-state index contributed by atoms with van der Waals surface area (Å²) < 4.78 is 133. The number of carbonyl (C=O) groups excluding carboxylic acids is 3. The first-order valence-corrected chi connectivity index (χ1v) is 15.4. The molecule has 0 saturated heterocycles. The molecular weight excluding hydrogens is 771 g/mol. The van der Waals surface area contributed by atoms with Gasteiger partial charge in [0.15, 0.2) is 0 Å². The van der Waals surface area contributed by atoms with Crippen molar-refractivity contribution in [3.63, 3.8) is 0 Å². The fourth-order valence-corrected chi connectivity index (χ4v) is 4.78. The first kappa shape index (κ1) is 40.2. The number of halogens is 9. The van der Waals surface area contributed by atoms with Crippen LogP contribution in [0.5, 0.6) is 34.5 Å². The molecule has 0 radical (unpaired) electrons. The second-order valence-corrected chi connectivity index (χ2v) is 11.5. The van der Waals surface area contributed by atoms with Crippen molar-refractivity contribution in [2.45, 2.75) is 18.5 Å². The van der Waals surface area contributed by atoms with Crippen molar-refractivity contribution in [1.82, 2.24) is 0 Å². The van der Waals surface area contributed by atoms with Crippen LogP contribution in [-0.2, 0) is 18.5 Å². The van der Waals surface area contributed by atoms with Crippen LogP contribution in [0.25, 0.3) is 12.2 Å². The summed E-state index contributed by atoms with van der Waals surface area (Å²) >= 11 is 0. The second-order valence-electron chi connectivity index (χ2n) is 11.5. The summed E-state index contributed by atoms with van der Waals surface area (Å²) in [5, 5.41) is 30.1. The molecule has 56 heavy (non-hydrogen) atoms. The number of alkyl halides is 9. The van der Waals surface area contributed by atoms with Crippen molar-refractivity contribution in [3.8, 4) is 34.5 Å². The molecule has 0 bridgehead atoms. The zero-order valence-electron chi connectivity index (χ0n) is 27.6. The van der Waals surface area contributed by atoms with Crippen LogP contribution in [0.1, 0.15) is 58.9 Å². The number of hydrogen-bond donors (Lipinski definition) is 3. The van der Waals surface area contributed by atoms with E-state index in [1.54, 1.807) is 0 Å². The summed E-state index contributed by atoms with van der Waals surface area (Å²) in [7, 11) is 0. The Morgan fingerprint density at radius 1 is 0.411 bits per heavy atom. The van der Waals surface area contributed by atoms with Crippen LogP contribution in [0.2, 0.25) is 0 Å². The molecule has 0 unspecified atom stereocenters. The highest BCUT2D eigenvalue weighted by atomic mass is 19.4. The molecule has 0 aromatic heterocycles. The smallest absolute Gasteiger partial charge is 0.416 e. The standard InChI is InChI=1S/C38H21F9O9/c39-36(40,41)21-5-10-27(30(48)15-21)33(51)54-24-8-3-19(4-9-24)1-2-20-13-25(55-34(52)28-11-6-22(16-31(28)49)37(42,43)44)18-26(14-20)56-35(53)29-12-7-23(17-32(29)50)38(45,46)47/h1-18,48-50H. The molecule has 0 atom stereocenters. The molecule has 5 aromatic carbocycles. The van der Waals surface area contributed by atoms with Gasteiger partial charge in [0.1, 0.15) is 51.2 Å². The molecule has 0 amide bonds. The Hall–Kier alpha value is -6.98. The van der Waals surface area contributed by atoms with Gasteiger partial charge in [0.25, 0.3) is 0 Å². The SMILES string of the molecule is O=C(Oc1ccc(C=Cc2cc(OC(=O)c3ccc(C(F)(F)F)cc3O)cc(OC(=O)c3ccc(C(F)(F)F)cc3O)c2)cc1)c1ccc(C(F)(F)F)cc1O. The highest BCUT2D eigenvalue weighted by Crippen LogP contribution is 2.36. The number of carbonyl (C=O) groups is 3. The predicted molar refractivity (Wildman–Crippen MR) is 176 cm³/mol. The van der Waals surface area contributed by atoms with Gasteiger partial charge in [-0.2, -0.15) is 39.5 Å². The molecule has 5 aromatic rings. The minimum absolute atomic E-state index is 0.0763. The van der Waals surface area contributed by atoms with E-state index in [9.17, 15) is 69.2 Å². The van der Waals surface area contributed by atoms with Crippen molar-refractivity contribution in [2.75, 3.05) is 0 Å². The fraction of sp³-hybridized carbons (Fsp3) is 0.0789. The number of esters is 3. The molecule has 0 fully saturated rings. The van der Waals surface area contributed by atoms with Crippen LogP contribution in [0.4, 0.5) is 39.5 Å². The largest absolute Gasteiger partial charge is 0.507 e. The van der Waals surface area contributed by atoms with Gasteiger partial charge in [0.2, 0.25) is 0 Å². The van der Waals surface area contributed by atoms with Gasteiger partial charge in [-0.25, -0.2) is 14.4 Å². The van der Waals surface area contributed by atoms with Crippen molar-refractivity contribution < 1.29 is 83.4 Å². The molecule has 290 valence electrons. The lowest BCUT2D eigenvalue weighted by atomic mass is 10.1. The van der Waals surface area contributed by atoms with E-state index in [-0.39, 0.29) is 11.3 Å². The zero-order chi connectivity index (χ0) is 41.2. The number of rotatable bonds is 8. The molecule has 0 aliphatic carbocycles. The summed E-state index contributed by atoms with van der Waals surface area (Å²) in [5.41, 5.74) is -5.09. The molecule has 3 N–H and O–H groups in total. The van der Waals surface area contributed by atoms with E-state index >= 15 is 0 Å². The third kappa shape index (κ3) is 9.76. The first-order chi connectivity index (χ1) is 26.1. The Kier molecular flexibility index (Phi) is 11.1. The molecule has 0 aliphatic rings. The number of benzene rings is 5. The van der Waals surface area contributed by atoms with Crippen molar-refractivity contribution >= 4 is 30.1 Å². The summed E-state index contributed by atoms with van der Waals surface area (Å²) in [6.07, 6.45) is -11.7. The molecular formula is C38H21F9O9. The van der Waals surface area contributed by atoms with Crippen LogP contribution in [-0.4, -0.2) is 33.2 Å². The Morgan fingerprint density at radius 3 is 1.05 bits per heavy atom. The van der Waals surface area contributed by atoms with Gasteiger partial charge < -0.3 is 29.5 Å². The lowest BCUT2D eigenvalue weighted by molar-refractivity contribution is -0.138. The maximum Gasteiger partial charge on any atom is 0.416 e. The van der Waals surface area contributed by atoms with Crippen molar-refractivity contribution in [3.05, 3.63) is 142 Å². The molecule has 0 spiro atoms. The van der Waals surface area contributed by atoms with E-state index in [0.717, 1.165) is 12.1 Å². The average Bonchev–Trinajstić information content (AvgIpc) is 3.09. The average molecular weight is 793 g/mol. The number of phenolic OH excluding ortho intramolecular Hbond substituents is 3. The quantitative estimate of drug-likeness (QED) is 0.0607. The topological polar surface area (TPSA) is 140 Å². The normalized spacial score (nSPS) is 12.0. The number of aromatic hydroxyl groups is 3. The molecule has 9 nitrogen and oxygen atoms in total. The van der Waals surface area contributed by atoms with Crippen LogP contribution in [0.15, 0.2) is 97.1 Å². The number of hydrogen-bond acceptors (Lipinski definition) is 9. The van der Waals surface area contributed by atoms with Gasteiger partial charge >= 0.3 is 36.4 Å². The van der Waals surface area contributed by atoms with Gasteiger partial charge in [-0.15, -0.1) is 0 Å². The lowest BCUT2D eigenvalue weighted by Gasteiger charge is -2.12. The monoisotopic (exact) mass is 792 g/mol. The highest BCUT2D eigenvalue weighted by molar-refractivity contribution is 5.96. The number of ether oxygens (including phenoxy) is 3. The van der Waals surface area contributed by atoms with E-state index < -0.39 is 98.6 Å². The Bertz CT molecular complexity index is 2250. The van der Waals surface area contributed by atoms with E-state index in [0.29, 0.717) is 54.1 Å². The third-order valence-electron chi connectivity index (χ3n) is 7.52. The maximum absolute atomic E-state index is 13.0. The molecule has 0 aliphatic heterocycles. The van der Waals surface area contributed by atoms with E-state index in [4.69, 9.17) is 14.2 Å². The highest BCUT2D eigenvalue weighted by Gasteiger charge is 2.34.